The van der Waals surface area contributed by atoms with Gasteiger partial charge in [-0.15, -0.1) is 0 Å². The maximum Gasteiger partial charge on any atom is 0.220 e. The number of aromatic nitrogens is 4. The first-order valence-corrected chi connectivity index (χ1v) is 11.1. The number of para-hydroxylation sites is 2. The molecule has 0 bridgehead atoms. The SMILES string of the molecule is CN(C)CCN(C)c1nc(C2COc3ccccc3O2)nc2ccc(-c3ccnc(N)n3)cc12. The lowest BCUT2D eigenvalue weighted by atomic mass is 10.1. The molecule has 0 fully saturated rings. The molecule has 0 saturated heterocycles. The zero-order valence-electron chi connectivity index (χ0n) is 19.5. The second kappa shape index (κ2) is 9.11. The van der Waals surface area contributed by atoms with E-state index in [2.05, 4.69) is 39.9 Å². The van der Waals surface area contributed by atoms with Gasteiger partial charge in [0.05, 0.1) is 11.2 Å². The highest BCUT2D eigenvalue weighted by molar-refractivity contribution is 5.92. The summed E-state index contributed by atoms with van der Waals surface area (Å²) in [7, 11) is 6.15. The summed E-state index contributed by atoms with van der Waals surface area (Å²) in [5, 5.41) is 0.928. The van der Waals surface area contributed by atoms with E-state index in [-0.39, 0.29) is 5.95 Å². The average molecular weight is 458 g/mol. The molecule has 2 N–H and O–H groups in total. The summed E-state index contributed by atoms with van der Waals surface area (Å²) in [4.78, 5) is 22.5. The monoisotopic (exact) mass is 457 g/mol. The lowest BCUT2D eigenvalue weighted by Gasteiger charge is -2.27. The predicted octanol–water partition coefficient (Wildman–Crippen LogP) is 3.18. The van der Waals surface area contributed by atoms with Crippen LogP contribution in [-0.2, 0) is 0 Å². The second-order valence-electron chi connectivity index (χ2n) is 8.53. The van der Waals surface area contributed by atoms with Crippen LogP contribution in [0.5, 0.6) is 11.5 Å². The van der Waals surface area contributed by atoms with E-state index in [0.717, 1.165) is 46.8 Å². The van der Waals surface area contributed by atoms with Gasteiger partial charge in [0.15, 0.2) is 23.4 Å². The predicted molar refractivity (Wildman–Crippen MR) is 132 cm³/mol. The summed E-state index contributed by atoms with van der Waals surface area (Å²) >= 11 is 0. The minimum absolute atomic E-state index is 0.238. The van der Waals surface area contributed by atoms with Crippen molar-refractivity contribution in [1.29, 1.82) is 0 Å². The first-order chi connectivity index (χ1) is 16.5. The topological polar surface area (TPSA) is 103 Å². The summed E-state index contributed by atoms with van der Waals surface area (Å²) in [6, 6.07) is 15.5. The number of nitrogen functional groups attached to an aromatic ring is 1. The third-order valence-electron chi connectivity index (χ3n) is 5.70. The van der Waals surface area contributed by atoms with Crippen LogP contribution < -0.4 is 20.1 Å². The Kier molecular flexibility index (Phi) is 5.85. The first kappa shape index (κ1) is 21.8. The summed E-state index contributed by atoms with van der Waals surface area (Å²) in [6.07, 6.45) is 1.26. The molecular formula is C25H27N7O2. The molecule has 1 unspecified atom stereocenters. The smallest absolute Gasteiger partial charge is 0.220 e. The molecule has 0 saturated carbocycles. The van der Waals surface area contributed by atoms with E-state index in [1.807, 2.05) is 49.5 Å². The Bertz CT molecular complexity index is 1330. The number of benzene rings is 2. The number of anilines is 2. The largest absolute Gasteiger partial charge is 0.485 e. The normalized spacial score (nSPS) is 15.0. The van der Waals surface area contributed by atoms with Crippen LogP contribution in [0.25, 0.3) is 22.2 Å². The van der Waals surface area contributed by atoms with Crippen LogP contribution in [0, 0.1) is 0 Å². The molecule has 2 aromatic carbocycles. The summed E-state index contributed by atoms with van der Waals surface area (Å²) in [5.74, 6) is 3.08. The van der Waals surface area contributed by atoms with E-state index in [9.17, 15) is 0 Å². The van der Waals surface area contributed by atoms with Crippen LogP contribution in [0.15, 0.2) is 54.7 Å². The number of hydrogen-bond donors (Lipinski definition) is 1. The van der Waals surface area contributed by atoms with Crippen LogP contribution in [0.3, 0.4) is 0 Å². The van der Waals surface area contributed by atoms with Gasteiger partial charge in [0.25, 0.3) is 0 Å². The van der Waals surface area contributed by atoms with Crippen LogP contribution in [0.2, 0.25) is 0 Å². The van der Waals surface area contributed by atoms with E-state index in [1.54, 1.807) is 6.20 Å². The highest BCUT2D eigenvalue weighted by Crippen LogP contribution is 2.36. The Hall–Kier alpha value is -3.98. The van der Waals surface area contributed by atoms with Crippen molar-refractivity contribution in [3.63, 3.8) is 0 Å². The maximum absolute atomic E-state index is 6.20. The van der Waals surface area contributed by atoms with Gasteiger partial charge >= 0.3 is 0 Å². The van der Waals surface area contributed by atoms with Gasteiger partial charge in [-0.2, -0.15) is 0 Å². The molecule has 34 heavy (non-hydrogen) atoms. The van der Waals surface area contributed by atoms with Crippen LogP contribution in [-0.4, -0.2) is 65.7 Å². The van der Waals surface area contributed by atoms with E-state index < -0.39 is 6.10 Å². The molecule has 9 nitrogen and oxygen atoms in total. The molecule has 1 aliphatic heterocycles. The first-order valence-electron chi connectivity index (χ1n) is 11.1. The zero-order valence-corrected chi connectivity index (χ0v) is 19.5. The lowest BCUT2D eigenvalue weighted by Crippen LogP contribution is -2.30. The second-order valence-corrected chi connectivity index (χ2v) is 8.53. The minimum Gasteiger partial charge on any atom is -0.485 e. The van der Waals surface area contributed by atoms with Gasteiger partial charge in [0, 0.05) is 37.3 Å². The molecule has 5 rings (SSSR count). The molecule has 4 aromatic rings. The number of rotatable bonds is 6. The van der Waals surface area contributed by atoms with E-state index in [0.29, 0.717) is 18.2 Å². The summed E-state index contributed by atoms with van der Waals surface area (Å²) in [6.45, 7) is 2.03. The lowest BCUT2D eigenvalue weighted by molar-refractivity contribution is 0.0854. The molecule has 3 heterocycles. The average Bonchev–Trinajstić information content (AvgIpc) is 2.86. The Labute approximate surface area is 198 Å². The maximum atomic E-state index is 6.20. The van der Waals surface area contributed by atoms with Crippen LogP contribution >= 0.6 is 0 Å². The zero-order chi connectivity index (χ0) is 23.7. The molecule has 0 spiro atoms. The molecule has 1 atom stereocenters. The Morgan fingerprint density at radius 2 is 1.79 bits per heavy atom. The highest BCUT2D eigenvalue weighted by atomic mass is 16.6. The van der Waals surface area contributed by atoms with Crippen molar-refractivity contribution < 1.29 is 9.47 Å². The van der Waals surface area contributed by atoms with Crippen LogP contribution in [0.1, 0.15) is 11.9 Å². The third-order valence-corrected chi connectivity index (χ3v) is 5.70. The quantitative estimate of drug-likeness (QED) is 0.468. The fraction of sp³-hybridized carbons (Fsp3) is 0.280. The van der Waals surface area contributed by atoms with Crippen molar-refractivity contribution >= 4 is 22.7 Å². The molecule has 2 aromatic heterocycles. The van der Waals surface area contributed by atoms with Gasteiger partial charge in [0.2, 0.25) is 5.95 Å². The van der Waals surface area contributed by atoms with Gasteiger partial charge in [0.1, 0.15) is 12.4 Å². The Balaban J connectivity index is 1.57. The molecule has 9 heteroatoms. The highest BCUT2D eigenvalue weighted by Gasteiger charge is 2.26. The molecule has 174 valence electrons. The van der Waals surface area contributed by atoms with Crippen molar-refractivity contribution in [3.8, 4) is 22.8 Å². The van der Waals surface area contributed by atoms with Gasteiger partial charge in [-0.1, -0.05) is 18.2 Å². The Morgan fingerprint density at radius 3 is 2.59 bits per heavy atom. The number of likely N-dealkylation sites (N-methyl/N-ethyl adjacent to an activating group) is 2. The molecule has 0 aliphatic carbocycles. The van der Waals surface area contributed by atoms with E-state index in [1.165, 1.54) is 0 Å². The Morgan fingerprint density at radius 1 is 0.971 bits per heavy atom. The summed E-state index contributed by atoms with van der Waals surface area (Å²) < 4.78 is 12.1. The fourth-order valence-electron chi connectivity index (χ4n) is 3.86. The van der Waals surface area contributed by atoms with Crippen molar-refractivity contribution in [2.75, 3.05) is 51.5 Å². The van der Waals surface area contributed by atoms with Crippen molar-refractivity contribution in [3.05, 3.63) is 60.6 Å². The summed E-state index contributed by atoms with van der Waals surface area (Å²) in [5.41, 5.74) is 8.30. The fourth-order valence-corrected chi connectivity index (χ4v) is 3.86. The molecule has 0 radical (unpaired) electrons. The number of ether oxygens (including phenoxy) is 2. The number of nitrogens with two attached hydrogens (primary N) is 1. The van der Waals surface area contributed by atoms with Gasteiger partial charge in [-0.05, 0) is 44.4 Å². The number of hydrogen-bond acceptors (Lipinski definition) is 9. The minimum atomic E-state index is -0.401. The number of fused-ring (bicyclic) bond motifs is 2. The van der Waals surface area contributed by atoms with Crippen molar-refractivity contribution in [1.82, 2.24) is 24.8 Å². The van der Waals surface area contributed by atoms with Crippen molar-refractivity contribution in [2.45, 2.75) is 6.10 Å². The van der Waals surface area contributed by atoms with Gasteiger partial charge < -0.3 is 25.0 Å². The third kappa shape index (κ3) is 4.42. The van der Waals surface area contributed by atoms with Gasteiger partial charge in [-0.3, -0.25) is 0 Å². The molecular weight excluding hydrogens is 430 g/mol. The van der Waals surface area contributed by atoms with Crippen molar-refractivity contribution in [2.24, 2.45) is 0 Å². The molecule has 0 amide bonds. The van der Waals surface area contributed by atoms with E-state index in [4.69, 9.17) is 25.2 Å². The molecule has 1 aliphatic rings. The number of nitrogens with zero attached hydrogens (tertiary/aromatic N) is 6. The van der Waals surface area contributed by atoms with Crippen LogP contribution in [0.4, 0.5) is 11.8 Å². The van der Waals surface area contributed by atoms with E-state index >= 15 is 0 Å². The standard InChI is InChI=1S/C25H27N7O2/c1-31(2)12-13-32(3)24-17-14-16(18-10-11-27-25(26)29-18)8-9-19(17)28-23(30-24)22-15-33-20-6-4-5-7-21(20)34-22/h4-11,14,22H,12-13,15H2,1-3H3,(H2,26,27,29). The van der Waals surface area contributed by atoms with Gasteiger partial charge in [-0.25, -0.2) is 19.9 Å².